The molecule has 0 aliphatic rings. The number of carbonyl (C=O) groups is 1. The van der Waals surface area contributed by atoms with Crippen LogP contribution in [0.4, 0.5) is 5.69 Å². The molecule has 0 radical (unpaired) electrons. The number of nitro groups is 1. The largest absolute Gasteiger partial charge is 0.366 e. The van der Waals surface area contributed by atoms with Crippen LogP contribution in [0.1, 0.15) is 27.0 Å². The van der Waals surface area contributed by atoms with Crippen LogP contribution in [0.2, 0.25) is 0 Å². The SMILES string of the molecule is NC(=O)c1ccc([N+](=O)[O-])cc1-c1ccc(-c2ccc(C=C(c3ccccc3)c3ccccc3)cc2)cc1. The Morgan fingerprint density at radius 2 is 1.16 bits per heavy atom. The summed E-state index contributed by atoms with van der Waals surface area (Å²) in [6.45, 7) is 0. The highest BCUT2D eigenvalue weighted by Gasteiger charge is 2.16. The molecule has 2 N–H and O–H groups in total. The summed E-state index contributed by atoms with van der Waals surface area (Å²) in [5, 5.41) is 11.2. The first-order chi connectivity index (χ1) is 18.5. The minimum atomic E-state index is -0.631. The highest BCUT2D eigenvalue weighted by atomic mass is 16.6. The second-order valence-corrected chi connectivity index (χ2v) is 8.84. The van der Waals surface area contributed by atoms with Crippen molar-refractivity contribution in [3.05, 3.63) is 160 Å². The molecule has 0 saturated carbocycles. The molecule has 5 heteroatoms. The van der Waals surface area contributed by atoms with Crippen LogP contribution in [-0.4, -0.2) is 10.8 Å². The third kappa shape index (κ3) is 5.27. The molecule has 0 aliphatic heterocycles. The minimum absolute atomic E-state index is 0.0944. The van der Waals surface area contributed by atoms with E-state index >= 15 is 0 Å². The van der Waals surface area contributed by atoms with Gasteiger partial charge in [-0.25, -0.2) is 0 Å². The molecule has 1 amide bonds. The van der Waals surface area contributed by atoms with Gasteiger partial charge in [0.25, 0.3) is 5.69 Å². The van der Waals surface area contributed by atoms with Crippen LogP contribution in [0.3, 0.4) is 0 Å². The van der Waals surface area contributed by atoms with Crippen molar-refractivity contribution in [1.29, 1.82) is 0 Å². The van der Waals surface area contributed by atoms with Gasteiger partial charge in [-0.15, -0.1) is 0 Å². The van der Waals surface area contributed by atoms with Crippen molar-refractivity contribution in [2.75, 3.05) is 0 Å². The summed E-state index contributed by atoms with van der Waals surface area (Å²) in [7, 11) is 0. The van der Waals surface area contributed by atoms with Crippen LogP contribution >= 0.6 is 0 Å². The van der Waals surface area contributed by atoms with Crippen LogP contribution in [0, 0.1) is 10.1 Å². The van der Waals surface area contributed by atoms with Gasteiger partial charge < -0.3 is 5.73 Å². The van der Waals surface area contributed by atoms with Crippen molar-refractivity contribution >= 4 is 23.2 Å². The normalized spacial score (nSPS) is 10.5. The number of nitro benzene ring substituents is 1. The van der Waals surface area contributed by atoms with E-state index in [2.05, 4.69) is 54.6 Å². The van der Waals surface area contributed by atoms with Crippen LogP contribution < -0.4 is 5.73 Å². The Labute approximate surface area is 220 Å². The van der Waals surface area contributed by atoms with Crippen molar-refractivity contribution < 1.29 is 9.72 Å². The average molecular weight is 497 g/mol. The number of amides is 1. The molecule has 0 saturated heterocycles. The summed E-state index contributed by atoms with van der Waals surface area (Å²) in [6.07, 6.45) is 2.19. The lowest BCUT2D eigenvalue weighted by Crippen LogP contribution is -2.12. The lowest BCUT2D eigenvalue weighted by Gasteiger charge is -2.10. The zero-order valence-electron chi connectivity index (χ0n) is 20.5. The van der Waals surface area contributed by atoms with Crippen LogP contribution in [0.25, 0.3) is 33.9 Å². The highest BCUT2D eigenvalue weighted by molar-refractivity contribution is 6.00. The molecule has 0 unspecified atom stereocenters. The molecule has 0 aliphatic carbocycles. The van der Waals surface area contributed by atoms with Crippen LogP contribution in [0.5, 0.6) is 0 Å². The fourth-order valence-corrected chi connectivity index (χ4v) is 4.45. The standard InChI is InChI=1S/C33H24N2O3/c34-33(36)30-20-19-29(35(37)38)22-32(30)28-17-15-25(16-18-28)24-13-11-23(12-14-24)21-31(26-7-3-1-4-8-26)27-9-5-2-6-10-27/h1-22H,(H2,34,36). The summed E-state index contributed by atoms with van der Waals surface area (Å²) in [6, 6.07) is 40.6. The van der Waals surface area contributed by atoms with Crippen molar-refractivity contribution in [3.63, 3.8) is 0 Å². The first kappa shape index (κ1) is 24.4. The maximum absolute atomic E-state index is 11.9. The predicted molar refractivity (Wildman–Crippen MR) is 152 cm³/mol. The van der Waals surface area contributed by atoms with Crippen molar-refractivity contribution in [3.8, 4) is 22.3 Å². The van der Waals surface area contributed by atoms with E-state index in [9.17, 15) is 14.9 Å². The number of nitrogens with two attached hydrogens (primary N) is 1. The van der Waals surface area contributed by atoms with E-state index in [1.165, 1.54) is 18.2 Å². The number of hydrogen-bond donors (Lipinski definition) is 1. The van der Waals surface area contributed by atoms with Gasteiger partial charge in [0, 0.05) is 23.3 Å². The van der Waals surface area contributed by atoms with E-state index in [1.54, 1.807) is 0 Å². The van der Waals surface area contributed by atoms with Gasteiger partial charge in [0.1, 0.15) is 0 Å². The Bertz CT molecular complexity index is 1580. The average Bonchev–Trinajstić information content (AvgIpc) is 2.97. The second-order valence-electron chi connectivity index (χ2n) is 8.84. The number of primary amides is 1. The fourth-order valence-electron chi connectivity index (χ4n) is 4.45. The zero-order valence-corrected chi connectivity index (χ0v) is 20.5. The van der Waals surface area contributed by atoms with Gasteiger partial charge in [0.15, 0.2) is 0 Å². The molecular formula is C33H24N2O3. The number of non-ortho nitro benzene ring substituents is 1. The molecular weight excluding hydrogens is 472 g/mol. The van der Waals surface area contributed by atoms with E-state index in [1.807, 2.05) is 60.7 Å². The van der Waals surface area contributed by atoms with Crippen molar-refractivity contribution in [1.82, 2.24) is 0 Å². The van der Waals surface area contributed by atoms with E-state index < -0.39 is 10.8 Å². The van der Waals surface area contributed by atoms with Gasteiger partial charge in [-0.05, 0) is 51.1 Å². The lowest BCUT2D eigenvalue weighted by molar-refractivity contribution is -0.384. The number of carbonyl (C=O) groups excluding carboxylic acids is 1. The lowest BCUT2D eigenvalue weighted by atomic mass is 9.94. The molecule has 0 spiro atoms. The molecule has 5 aromatic carbocycles. The molecule has 5 aromatic rings. The number of benzene rings is 5. The molecule has 0 heterocycles. The molecule has 5 nitrogen and oxygen atoms in total. The van der Waals surface area contributed by atoms with Crippen molar-refractivity contribution in [2.45, 2.75) is 0 Å². The molecule has 184 valence electrons. The van der Waals surface area contributed by atoms with Gasteiger partial charge in [0.05, 0.1) is 4.92 Å². The Balaban J connectivity index is 1.45. The molecule has 38 heavy (non-hydrogen) atoms. The summed E-state index contributed by atoms with van der Waals surface area (Å²) in [4.78, 5) is 22.7. The van der Waals surface area contributed by atoms with Gasteiger partial charge in [-0.3, -0.25) is 14.9 Å². The Morgan fingerprint density at radius 1 is 0.658 bits per heavy atom. The summed E-state index contributed by atoms with van der Waals surface area (Å²) >= 11 is 0. The first-order valence-electron chi connectivity index (χ1n) is 12.1. The third-order valence-electron chi connectivity index (χ3n) is 6.40. The highest BCUT2D eigenvalue weighted by Crippen LogP contribution is 2.31. The summed E-state index contributed by atoms with van der Waals surface area (Å²) < 4.78 is 0. The smallest absolute Gasteiger partial charge is 0.270 e. The zero-order chi connectivity index (χ0) is 26.5. The third-order valence-corrected chi connectivity index (χ3v) is 6.40. The van der Waals surface area contributed by atoms with E-state index in [0.29, 0.717) is 11.1 Å². The predicted octanol–water partition coefficient (Wildman–Crippen LogP) is 7.62. The number of rotatable bonds is 7. The van der Waals surface area contributed by atoms with Crippen LogP contribution in [0.15, 0.2) is 127 Å². The topological polar surface area (TPSA) is 86.2 Å². The Kier molecular flexibility index (Phi) is 6.91. The molecule has 5 rings (SSSR count). The monoisotopic (exact) mass is 496 g/mol. The van der Waals surface area contributed by atoms with Gasteiger partial charge in [-0.1, -0.05) is 109 Å². The van der Waals surface area contributed by atoms with Gasteiger partial charge in [-0.2, -0.15) is 0 Å². The molecule has 0 bridgehead atoms. The molecule has 0 fully saturated rings. The molecule has 0 atom stereocenters. The van der Waals surface area contributed by atoms with E-state index in [4.69, 9.17) is 5.73 Å². The van der Waals surface area contributed by atoms with Gasteiger partial charge in [0.2, 0.25) is 5.91 Å². The Morgan fingerprint density at radius 3 is 1.66 bits per heavy atom. The summed E-state index contributed by atoms with van der Waals surface area (Å²) in [5.74, 6) is -0.631. The van der Waals surface area contributed by atoms with Crippen LogP contribution in [-0.2, 0) is 0 Å². The first-order valence-corrected chi connectivity index (χ1v) is 12.1. The van der Waals surface area contributed by atoms with E-state index in [0.717, 1.165) is 33.4 Å². The maximum Gasteiger partial charge on any atom is 0.270 e. The van der Waals surface area contributed by atoms with Crippen molar-refractivity contribution in [2.24, 2.45) is 5.73 Å². The number of hydrogen-bond acceptors (Lipinski definition) is 3. The fraction of sp³-hybridized carbons (Fsp3) is 0. The number of nitrogens with zero attached hydrogens (tertiary/aromatic N) is 1. The molecule has 0 aromatic heterocycles. The van der Waals surface area contributed by atoms with E-state index in [-0.39, 0.29) is 11.3 Å². The van der Waals surface area contributed by atoms with Gasteiger partial charge >= 0.3 is 0 Å². The second kappa shape index (κ2) is 10.8. The summed E-state index contributed by atoms with van der Waals surface area (Å²) in [5.41, 5.74) is 13.3. The quantitative estimate of drug-likeness (QED) is 0.143. The minimum Gasteiger partial charge on any atom is -0.366 e. The maximum atomic E-state index is 11.9. The Hall–Kier alpha value is -5.29.